The smallest absolute Gasteiger partial charge is 0.122 e. The van der Waals surface area contributed by atoms with Crippen molar-refractivity contribution in [1.29, 1.82) is 0 Å². The maximum atomic E-state index is 5.46. The monoisotopic (exact) mass is 284 g/mol. The van der Waals surface area contributed by atoms with Gasteiger partial charge in [-0.1, -0.05) is 48.8 Å². The Morgan fingerprint density at radius 2 is 2.00 bits per heavy atom. The number of hydrogen-bond donors (Lipinski definition) is 0. The summed E-state index contributed by atoms with van der Waals surface area (Å²) in [6.07, 6.45) is 1.07. The molecular weight excluding hydrogens is 264 g/mol. The Bertz CT molecular complexity index is 334. The number of ether oxygens (including phenoxy) is 1. The van der Waals surface area contributed by atoms with Crippen LogP contribution < -0.4 is 4.74 Å². The Morgan fingerprint density at radius 1 is 1.31 bits per heavy atom. The molecular formula is C14H21BrO. The van der Waals surface area contributed by atoms with E-state index in [0.29, 0.717) is 11.8 Å². The van der Waals surface area contributed by atoms with E-state index in [9.17, 15) is 0 Å². The van der Waals surface area contributed by atoms with Gasteiger partial charge in [0, 0.05) is 5.33 Å². The quantitative estimate of drug-likeness (QED) is 0.729. The van der Waals surface area contributed by atoms with Crippen molar-refractivity contribution in [3.05, 3.63) is 29.3 Å². The van der Waals surface area contributed by atoms with Crippen LogP contribution in [-0.2, 0) is 6.42 Å². The second-order valence-corrected chi connectivity index (χ2v) is 5.08. The number of aryl methyl sites for hydroxylation is 1. The summed E-state index contributed by atoms with van der Waals surface area (Å²) in [6.45, 7) is 6.69. The third-order valence-corrected chi connectivity index (χ3v) is 3.77. The fraction of sp³-hybridized carbons (Fsp3) is 0.571. The van der Waals surface area contributed by atoms with Crippen molar-refractivity contribution < 1.29 is 4.74 Å². The van der Waals surface area contributed by atoms with E-state index in [4.69, 9.17) is 4.74 Å². The standard InChI is InChI=1S/C14H21BrO/c1-5-11-6-7-14(16-4)12(8-11)13(9-15)10(2)3/h6-8,10,13H,5,9H2,1-4H3. The number of hydrogen-bond acceptors (Lipinski definition) is 1. The van der Waals surface area contributed by atoms with E-state index in [1.807, 2.05) is 0 Å². The van der Waals surface area contributed by atoms with Crippen molar-refractivity contribution in [3.8, 4) is 5.75 Å². The van der Waals surface area contributed by atoms with Crippen LogP contribution in [0.25, 0.3) is 0 Å². The highest BCUT2D eigenvalue weighted by molar-refractivity contribution is 9.09. The average Bonchev–Trinajstić information content (AvgIpc) is 2.29. The zero-order valence-corrected chi connectivity index (χ0v) is 12.2. The van der Waals surface area contributed by atoms with Crippen LogP contribution in [-0.4, -0.2) is 12.4 Å². The summed E-state index contributed by atoms with van der Waals surface area (Å²) >= 11 is 3.61. The van der Waals surface area contributed by atoms with Gasteiger partial charge in [-0.05, 0) is 35.4 Å². The summed E-state index contributed by atoms with van der Waals surface area (Å²) in [5.41, 5.74) is 2.70. The zero-order chi connectivity index (χ0) is 12.1. The first kappa shape index (κ1) is 13.6. The van der Waals surface area contributed by atoms with Crippen molar-refractivity contribution >= 4 is 15.9 Å². The number of benzene rings is 1. The minimum Gasteiger partial charge on any atom is -0.496 e. The van der Waals surface area contributed by atoms with Crippen LogP contribution in [0.2, 0.25) is 0 Å². The van der Waals surface area contributed by atoms with E-state index in [1.54, 1.807) is 7.11 Å². The number of halogens is 1. The van der Waals surface area contributed by atoms with Crippen LogP contribution in [0, 0.1) is 5.92 Å². The first-order chi connectivity index (χ1) is 7.63. The van der Waals surface area contributed by atoms with Crippen LogP contribution in [0.5, 0.6) is 5.75 Å². The van der Waals surface area contributed by atoms with Gasteiger partial charge in [-0.15, -0.1) is 0 Å². The van der Waals surface area contributed by atoms with Gasteiger partial charge in [0.2, 0.25) is 0 Å². The van der Waals surface area contributed by atoms with Gasteiger partial charge in [0.05, 0.1) is 7.11 Å². The number of alkyl halides is 1. The number of methoxy groups -OCH3 is 1. The van der Waals surface area contributed by atoms with Gasteiger partial charge in [0.1, 0.15) is 5.75 Å². The molecule has 2 heteroatoms. The first-order valence-corrected chi connectivity index (χ1v) is 6.98. The molecule has 0 spiro atoms. The van der Waals surface area contributed by atoms with Gasteiger partial charge in [0.15, 0.2) is 0 Å². The van der Waals surface area contributed by atoms with Crippen molar-refractivity contribution in [2.24, 2.45) is 5.92 Å². The highest BCUT2D eigenvalue weighted by Crippen LogP contribution is 2.34. The predicted octanol–water partition coefficient (Wildman–Crippen LogP) is 4.39. The summed E-state index contributed by atoms with van der Waals surface area (Å²) in [7, 11) is 1.75. The topological polar surface area (TPSA) is 9.23 Å². The molecule has 0 aliphatic carbocycles. The molecule has 0 aromatic heterocycles. The molecule has 0 aliphatic rings. The van der Waals surface area contributed by atoms with E-state index in [2.05, 4.69) is 54.9 Å². The molecule has 0 saturated carbocycles. The normalized spacial score (nSPS) is 12.9. The zero-order valence-electron chi connectivity index (χ0n) is 10.6. The van der Waals surface area contributed by atoms with E-state index in [1.165, 1.54) is 11.1 Å². The van der Waals surface area contributed by atoms with Crippen molar-refractivity contribution in [2.45, 2.75) is 33.1 Å². The largest absolute Gasteiger partial charge is 0.496 e. The molecule has 0 bridgehead atoms. The van der Waals surface area contributed by atoms with Gasteiger partial charge in [-0.2, -0.15) is 0 Å². The van der Waals surface area contributed by atoms with Gasteiger partial charge >= 0.3 is 0 Å². The molecule has 1 rings (SSSR count). The molecule has 1 aromatic rings. The molecule has 0 fully saturated rings. The Labute approximate surface area is 107 Å². The molecule has 0 amide bonds. The lowest BCUT2D eigenvalue weighted by Crippen LogP contribution is -2.10. The van der Waals surface area contributed by atoms with Crippen LogP contribution in [0.15, 0.2) is 18.2 Å². The second kappa shape index (κ2) is 6.29. The van der Waals surface area contributed by atoms with Gasteiger partial charge in [-0.25, -0.2) is 0 Å². The van der Waals surface area contributed by atoms with Crippen LogP contribution in [0.1, 0.15) is 37.8 Å². The first-order valence-electron chi connectivity index (χ1n) is 5.86. The lowest BCUT2D eigenvalue weighted by Gasteiger charge is -2.22. The summed E-state index contributed by atoms with van der Waals surface area (Å²) < 4.78 is 5.46. The minimum absolute atomic E-state index is 0.515. The summed E-state index contributed by atoms with van der Waals surface area (Å²) in [6, 6.07) is 6.52. The third kappa shape index (κ3) is 3.00. The predicted molar refractivity (Wildman–Crippen MR) is 73.7 cm³/mol. The second-order valence-electron chi connectivity index (χ2n) is 4.43. The van der Waals surface area contributed by atoms with E-state index in [0.717, 1.165) is 17.5 Å². The molecule has 1 atom stereocenters. The Hall–Kier alpha value is -0.500. The molecule has 1 nitrogen and oxygen atoms in total. The van der Waals surface area contributed by atoms with Crippen molar-refractivity contribution in [3.63, 3.8) is 0 Å². The van der Waals surface area contributed by atoms with Crippen molar-refractivity contribution in [2.75, 3.05) is 12.4 Å². The fourth-order valence-corrected chi connectivity index (χ4v) is 3.01. The Kier molecular flexibility index (Phi) is 5.33. The van der Waals surface area contributed by atoms with Gasteiger partial charge < -0.3 is 4.74 Å². The van der Waals surface area contributed by atoms with E-state index in [-0.39, 0.29) is 0 Å². The maximum Gasteiger partial charge on any atom is 0.122 e. The molecule has 0 saturated heterocycles. The summed E-state index contributed by atoms with van der Waals surface area (Å²) in [5, 5.41) is 0.980. The third-order valence-electron chi connectivity index (χ3n) is 3.07. The van der Waals surface area contributed by atoms with Crippen molar-refractivity contribution in [1.82, 2.24) is 0 Å². The minimum atomic E-state index is 0.515. The molecule has 16 heavy (non-hydrogen) atoms. The molecule has 1 aromatic carbocycles. The summed E-state index contributed by atoms with van der Waals surface area (Å²) in [5.74, 6) is 2.14. The van der Waals surface area contributed by atoms with Gasteiger partial charge in [0.25, 0.3) is 0 Å². The molecule has 0 aliphatic heterocycles. The molecule has 90 valence electrons. The molecule has 0 heterocycles. The average molecular weight is 285 g/mol. The van der Waals surface area contributed by atoms with E-state index < -0.39 is 0 Å². The molecule has 0 N–H and O–H groups in total. The van der Waals surface area contributed by atoms with Crippen LogP contribution >= 0.6 is 15.9 Å². The van der Waals surface area contributed by atoms with Gasteiger partial charge in [-0.3, -0.25) is 0 Å². The highest BCUT2D eigenvalue weighted by atomic mass is 79.9. The highest BCUT2D eigenvalue weighted by Gasteiger charge is 2.18. The lowest BCUT2D eigenvalue weighted by molar-refractivity contribution is 0.399. The Balaban J connectivity index is 3.15. The fourth-order valence-electron chi connectivity index (χ4n) is 1.91. The maximum absolute atomic E-state index is 5.46. The molecule has 0 radical (unpaired) electrons. The SMILES string of the molecule is CCc1ccc(OC)c(C(CBr)C(C)C)c1. The lowest BCUT2D eigenvalue weighted by atomic mass is 9.88. The van der Waals surface area contributed by atoms with Crippen LogP contribution in [0.4, 0.5) is 0 Å². The summed E-state index contributed by atoms with van der Waals surface area (Å²) in [4.78, 5) is 0. The number of rotatable bonds is 5. The van der Waals surface area contributed by atoms with E-state index >= 15 is 0 Å². The Morgan fingerprint density at radius 3 is 2.44 bits per heavy atom. The van der Waals surface area contributed by atoms with Crippen LogP contribution in [0.3, 0.4) is 0 Å². The molecule has 1 unspecified atom stereocenters.